The van der Waals surface area contributed by atoms with Crippen molar-refractivity contribution in [1.29, 1.82) is 0 Å². The summed E-state index contributed by atoms with van der Waals surface area (Å²) in [5.74, 6) is 0.407. The summed E-state index contributed by atoms with van der Waals surface area (Å²) in [6, 6.07) is 0.169. The fourth-order valence-electron chi connectivity index (χ4n) is 0.608. The van der Waals surface area contributed by atoms with Crippen molar-refractivity contribution >= 4 is 6.09 Å². The molecule has 1 amide bonds. The van der Waals surface area contributed by atoms with E-state index in [0.29, 0.717) is 5.92 Å². The highest BCUT2D eigenvalue weighted by atomic mass is 16.6. The van der Waals surface area contributed by atoms with Gasteiger partial charge in [-0.25, -0.2) is 4.79 Å². The van der Waals surface area contributed by atoms with Crippen molar-refractivity contribution in [3.05, 3.63) is 0 Å². The molecule has 1 saturated heterocycles. The van der Waals surface area contributed by atoms with Crippen LogP contribution in [0, 0.1) is 5.92 Å². The quantitative estimate of drug-likeness (QED) is 0.734. The van der Waals surface area contributed by atoms with Crippen molar-refractivity contribution in [1.82, 2.24) is 5.32 Å². The number of aliphatic hydroxyl groups is 1. The average Bonchev–Trinajstić information content (AvgIpc) is 2.30. The van der Waals surface area contributed by atoms with Gasteiger partial charge in [-0.2, -0.15) is 0 Å². The number of nitrogens with one attached hydrogen (secondary N) is 1. The van der Waals surface area contributed by atoms with Crippen LogP contribution in [-0.4, -0.2) is 29.4 Å². The van der Waals surface area contributed by atoms with Crippen molar-refractivity contribution < 1.29 is 14.6 Å². The topological polar surface area (TPSA) is 58.6 Å². The average molecular weight is 235 g/mol. The van der Waals surface area contributed by atoms with Gasteiger partial charge in [-0.1, -0.05) is 28.7 Å². The second kappa shape index (κ2) is 9.46. The first-order chi connectivity index (χ1) is 6.34. The van der Waals surface area contributed by atoms with Gasteiger partial charge < -0.3 is 15.2 Å². The minimum absolute atomic E-state index is 0. The minimum atomic E-state index is -0.301. The van der Waals surface area contributed by atoms with Crippen LogP contribution in [0.1, 0.15) is 49.5 Å². The molecule has 0 aliphatic carbocycles. The van der Waals surface area contributed by atoms with Gasteiger partial charge in [-0.05, 0) is 26.7 Å². The third-order valence-corrected chi connectivity index (χ3v) is 2.31. The highest BCUT2D eigenvalue weighted by Gasteiger charge is 2.25. The molecule has 0 aromatic heterocycles. The van der Waals surface area contributed by atoms with E-state index < -0.39 is 0 Å². The van der Waals surface area contributed by atoms with Crippen LogP contribution in [0.25, 0.3) is 0 Å². The molecule has 0 spiro atoms. The van der Waals surface area contributed by atoms with Gasteiger partial charge >= 0.3 is 6.09 Å². The Morgan fingerprint density at radius 1 is 1.25 bits per heavy atom. The molecule has 1 rings (SSSR count). The van der Waals surface area contributed by atoms with E-state index in [4.69, 9.17) is 9.84 Å². The molecule has 1 aliphatic rings. The first-order valence-corrected chi connectivity index (χ1v) is 4.99. The van der Waals surface area contributed by atoms with E-state index in [2.05, 4.69) is 5.32 Å². The Balaban J connectivity index is -0.000000195. The maximum absolute atomic E-state index is 10.3. The monoisotopic (exact) mass is 235 g/mol. The van der Waals surface area contributed by atoms with Gasteiger partial charge in [-0.3, -0.25) is 0 Å². The summed E-state index contributed by atoms with van der Waals surface area (Å²) < 4.78 is 4.72. The first-order valence-electron chi connectivity index (χ1n) is 4.99. The molecule has 3 atom stereocenters. The number of hydrogen-bond donors (Lipinski definition) is 2. The van der Waals surface area contributed by atoms with Crippen molar-refractivity contribution in [2.75, 3.05) is 0 Å². The van der Waals surface area contributed by atoms with E-state index in [1.807, 2.05) is 27.7 Å². The van der Waals surface area contributed by atoms with E-state index in [9.17, 15) is 4.79 Å². The Morgan fingerprint density at radius 2 is 1.62 bits per heavy atom. The van der Waals surface area contributed by atoms with E-state index in [0.717, 1.165) is 0 Å². The van der Waals surface area contributed by atoms with Crippen LogP contribution in [0.2, 0.25) is 0 Å². The number of amides is 1. The van der Waals surface area contributed by atoms with Gasteiger partial charge in [0.1, 0.15) is 6.10 Å². The molecule has 0 saturated carbocycles. The number of alkyl carbamates (subject to hydrolysis) is 1. The van der Waals surface area contributed by atoms with Crippen LogP contribution in [0.5, 0.6) is 0 Å². The van der Waals surface area contributed by atoms with Gasteiger partial charge in [0.25, 0.3) is 0 Å². The van der Waals surface area contributed by atoms with E-state index in [-0.39, 0.29) is 39.2 Å². The lowest BCUT2D eigenvalue weighted by Gasteiger charge is -2.04. The number of ether oxygens (including phenoxy) is 1. The van der Waals surface area contributed by atoms with Gasteiger partial charge in [0.05, 0.1) is 12.1 Å². The fraction of sp³-hybridized carbons (Fsp3) is 0.917. The third kappa shape index (κ3) is 8.53. The van der Waals surface area contributed by atoms with Crippen LogP contribution < -0.4 is 5.32 Å². The molecule has 0 aromatic carbocycles. The lowest BCUT2D eigenvalue weighted by molar-refractivity contribution is 0.142. The van der Waals surface area contributed by atoms with Crippen LogP contribution in [0.3, 0.4) is 0 Å². The summed E-state index contributed by atoms with van der Waals surface area (Å²) in [6.07, 6.45) is -0.419. The van der Waals surface area contributed by atoms with Crippen molar-refractivity contribution in [2.24, 2.45) is 5.92 Å². The molecule has 4 heteroatoms. The Hall–Kier alpha value is -0.770. The zero-order chi connectivity index (χ0) is 11.3. The molecular formula is C12H29NO3. The van der Waals surface area contributed by atoms with Crippen LogP contribution >= 0.6 is 0 Å². The van der Waals surface area contributed by atoms with Crippen LogP contribution in [-0.2, 0) is 4.74 Å². The van der Waals surface area contributed by atoms with E-state index in [1.165, 1.54) is 0 Å². The summed E-state index contributed by atoms with van der Waals surface area (Å²) in [5, 5.41) is 11.2. The lowest BCUT2D eigenvalue weighted by Crippen LogP contribution is -2.25. The molecule has 1 fully saturated rings. The van der Waals surface area contributed by atoms with E-state index >= 15 is 0 Å². The molecule has 2 N–H and O–H groups in total. The SMILES string of the molecule is C.C.CC(C)[C@@H](C)O.C[C@@H]1OC(=O)N[C@@H]1C. The largest absolute Gasteiger partial charge is 0.444 e. The van der Waals surface area contributed by atoms with Gasteiger partial charge in [0.2, 0.25) is 0 Å². The Morgan fingerprint density at radius 3 is 1.69 bits per heavy atom. The second-order valence-electron chi connectivity index (χ2n) is 4.03. The zero-order valence-electron chi connectivity index (χ0n) is 9.57. The fourth-order valence-corrected chi connectivity index (χ4v) is 0.608. The molecule has 0 unspecified atom stereocenters. The number of aliphatic hydroxyl groups excluding tert-OH is 1. The number of cyclic esters (lactones) is 1. The molecule has 16 heavy (non-hydrogen) atoms. The summed E-state index contributed by atoms with van der Waals surface area (Å²) in [5.41, 5.74) is 0. The van der Waals surface area contributed by atoms with Crippen molar-refractivity contribution in [2.45, 2.75) is 67.7 Å². The Bertz CT molecular complexity index is 163. The van der Waals surface area contributed by atoms with Crippen LogP contribution in [0.4, 0.5) is 4.79 Å². The second-order valence-corrected chi connectivity index (χ2v) is 4.03. The van der Waals surface area contributed by atoms with Crippen molar-refractivity contribution in [3.63, 3.8) is 0 Å². The number of carbonyl (C=O) groups is 1. The minimum Gasteiger partial charge on any atom is -0.444 e. The molecule has 0 bridgehead atoms. The molecular weight excluding hydrogens is 206 g/mol. The molecule has 0 radical (unpaired) electrons. The smallest absolute Gasteiger partial charge is 0.407 e. The maximum atomic E-state index is 10.3. The molecule has 1 heterocycles. The van der Waals surface area contributed by atoms with Crippen LogP contribution in [0.15, 0.2) is 0 Å². The first kappa shape index (κ1) is 20.6. The third-order valence-electron chi connectivity index (χ3n) is 2.31. The molecule has 4 nitrogen and oxygen atoms in total. The molecule has 1 aliphatic heterocycles. The highest BCUT2D eigenvalue weighted by Crippen LogP contribution is 2.05. The normalized spacial score (nSPS) is 24.1. The number of rotatable bonds is 1. The Kier molecular flexibility index (Phi) is 12.2. The number of hydrogen-bond acceptors (Lipinski definition) is 3. The maximum Gasteiger partial charge on any atom is 0.407 e. The highest BCUT2D eigenvalue weighted by molar-refractivity contribution is 5.69. The number of carbonyl (C=O) groups excluding carboxylic acids is 1. The zero-order valence-corrected chi connectivity index (χ0v) is 9.57. The summed E-state index contributed by atoms with van der Waals surface area (Å²) in [4.78, 5) is 10.3. The van der Waals surface area contributed by atoms with E-state index in [1.54, 1.807) is 6.92 Å². The van der Waals surface area contributed by atoms with Gasteiger partial charge in [0, 0.05) is 0 Å². The Labute approximate surface area is 100 Å². The predicted molar refractivity (Wildman–Crippen MR) is 68.5 cm³/mol. The lowest BCUT2D eigenvalue weighted by atomic mass is 10.1. The van der Waals surface area contributed by atoms with Gasteiger partial charge in [-0.15, -0.1) is 0 Å². The molecule has 100 valence electrons. The summed E-state index contributed by atoms with van der Waals surface area (Å²) in [6.45, 7) is 9.55. The van der Waals surface area contributed by atoms with Crippen molar-refractivity contribution in [3.8, 4) is 0 Å². The predicted octanol–water partition coefficient (Wildman–Crippen LogP) is 2.80. The van der Waals surface area contributed by atoms with Gasteiger partial charge in [0.15, 0.2) is 0 Å². The summed E-state index contributed by atoms with van der Waals surface area (Å²) in [7, 11) is 0. The summed E-state index contributed by atoms with van der Waals surface area (Å²) >= 11 is 0. The standard InChI is InChI=1S/C5H9NO2.C5H12O.2CH4/c1-3-4(2)8-5(7)6-3;1-4(2)5(3)6;;/h3-4H,1-2H3,(H,6,7);4-6H,1-3H3;2*1H4/t3-,4+;5-;;/m11../s1. The molecule has 0 aromatic rings.